The van der Waals surface area contributed by atoms with E-state index in [-0.39, 0.29) is 18.4 Å². The second kappa shape index (κ2) is 12.4. The van der Waals surface area contributed by atoms with Crippen molar-refractivity contribution in [1.29, 1.82) is 0 Å². The van der Waals surface area contributed by atoms with E-state index in [0.29, 0.717) is 12.2 Å². The molecule has 0 spiro atoms. The summed E-state index contributed by atoms with van der Waals surface area (Å²) in [5.74, 6) is -0.868. The van der Waals surface area contributed by atoms with Crippen molar-refractivity contribution in [1.82, 2.24) is 30.5 Å². The molecular weight excluding hydrogens is 492 g/mol. The van der Waals surface area contributed by atoms with E-state index in [9.17, 15) is 14.7 Å². The standard InChI is InChI=1S/C30H34N6O3/c1-5-6-10-27(37)36(28(19(2)3)30(38)39)18-21-11-13-22(14-12-21)25-17-23(26-9-7-8-20(4)31-26)15-16-24(25)29-32-34-35-33-29/h7-9,11-17,19,28H,5-6,10,18H2,1-4H3,(H,38,39)(H,32,33,34,35). The molecular formula is C30H34N6O3. The van der Waals surface area contributed by atoms with E-state index in [4.69, 9.17) is 0 Å². The van der Waals surface area contributed by atoms with Crippen LogP contribution in [0.4, 0.5) is 0 Å². The Hall–Kier alpha value is -4.40. The molecule has 0 saturated carbocycles. The van der Waals surface area contributed by atoms with Crippen LogP contribution in [0, 0.1) is 12.8 Å². The highest BCUT2D eigenvalue weighted by Gasteiger charge is 2.32. The Kier molecular flexibility index (Phi) is 8.81. The van der Waals surface area contributed by atoms with Crippen LogP contribution in [0.25, 0.3) is 33.8 Å². The second-order valence-electron chi connectivity index (χ2n) is 10.0. The van der Waals surface area contributed by atoms with Gasteiger partial charge in [0.2, 0.25) is 11.7 Å². The molecule has 0 radical (unpaired) electrons. The number of aromatic amines is 1. The number of aromatic nitrogens is 5. The van der Waals surface area contributed by atoms with Crippen LogP contribution in [-0.2, 0) is 16.1 Å². The third-order valence-corrected chi connectivity index (χ3v) is 6.69. The molecule has 1 unspecified atom stereocenters. The molecule has 0 aliphatic heterocycles. The molecule has 9 heteroatoms. The normalized spacial score (nSPS) is 11.9. The third kappa shape index (κ3) is 6.54. The molecule has 0 saturated heterocycles. The molecule has 2 N–H and O–H groups in total. The number of rotatable bonds is 11. The fraction of sp³-hybridized carbons (Fsp3) is 0.333. The molecule has 2 aromatic heterocycles. The number of benzene rings is 2. The van der Waals surface area contributed by atoms with Gasteiger partial charge >= 0.3 is 5.97 Å². The van der Waals surface area contributed by atoms with Crippen LogP contribution in [0.5, 0.6) is 0 Å². The van der Waals surface area contributed by atoms with Gasteiger partial charge in [-0.1, -0.05) is 63.6 Å². The number of nitrogens with one attached hydrogen (secondary N) is 1. The maximum Gasteiger partial charge on any atom is 0.326 e. The van der Waals surface area contributed by atoms with Crippen molar-refractivity contribution in [2.75, 3.05) is 0 Å². The minimum atomic E-state index is -0.988. The van der Waals surface area contributed by atoms with Crippen molar-refractivity contribution in [3.05, 3.63) is 71.9 Å². The number of hydrogen-bond donors (Lipinski definition) is 2. The van der Waals surface area contributed by atoms with Crippen LogP contribution in [0.1, 0.15) is 51.3 Å². The number of hydrogen-bond acceptors (Lipinski definition) is 6. The summed E-state index contributed by atoms with van der Waals surface area (Å²) in [6, 6.07) is 18.9. The fourth-order valence-electron chi connectivity index (χ4n) is 4.70. The lowest BCUT2D eigenvalue weighted by Gasteiger charge is -2.32. The van der Waals surface area contributed by atoms with Crippen LogP contribution in [-0.4, -0.2) is 53.5 Å². The maximum atomic E-state index is 13.1. The van der Waals surface area contributed by atoms with Gasteiger partial charge in [-0.15, -0.1) is 10.2 Å². The van der Waals surface area contributed by atoms with Crippen molar-refractivity contribution >= 4 is 11.9 Å². The van der Waals surface area contributed by atoms with Gasteiger partial charge in [-0.25, -0.2) is 4.79 Å². The van der Waals surface area contributed by atoms with Gasteiger partial charge in [0.25, 0.3) is 0 Å². The van der Waals surface area contributed by atoms with Crippen LogP contribution in [0.2, 0.25) is 0 Å². The summed E-state index contributed by atoms with van der Waals surface area (Å²) in [7, 11) is 0. The van der Waals surface area contributed by atoms with E-state index in [0.717, 1.165) is 52.0 Å². The average Bonchev–Trinajstić information content (AvgIpc) is 3.46. The van der Waals surface area contributed by atoms with Gasteiger partial charge in [0.1, 0.15) is 6.04 Å². The fourth-order valence-corrected chi connectivity index (χ4v) is 4.70. The number of carbonyl (C=O) groups excluding carboxylic acids is 1. The summed E-state index contributed by atoms with van der Waals surface area (Å²) >= 11 is 0. The summed E-state index contributed by atoms with van der Waals surface area (Å²) in [6.07, 6.45) is 1.93. The first kappa shape index (κ1) is 27.6. The number of carbonyl (C=O) groups is 2. The molecule has 2 heterocycles. The number of carboxylic acid groups (broad SMARTS) is 1. The number of carboxylic acids is 1. The van der Waals surface area contributed by atoms with Crippen LogP contribution >= 0.6 is 0 Å². The molecule has 0 aliphatic carbocycles. The Bertz CT molecular complexity index is 1420. The van der Waals surface area contributed by atoms with Gasteiger partial charge in [0.05, 0.1) is 5.69 Å². The molecule has 1 atom stereocenters. The topological polar surface area (TPSA) is 125 Å². The number of aryl methyl sites for hydroxylation is 1. The summed E-state index contributed by atoms with van der Waals surface area (Å²) in [4.78, 5) is 31.3. The quantitative estimate of drug-likeness (QED) is 0.263. The summed E-state index contributed by atoms with van der Waals surface area (Å²) < 4.78 is 0. The Morgan fingerprint density at radius 3 is 2.36 bits per heavy atom. The molecule has 0 aliphatic rings. The molecule has 2 aromatic carbocycles. The van der Waals surface area contributed by atoms with Gasteiger partial charge < -0.3 is 10.0 Å². The summed E-state index contributed by atoms with van der Waals surface area (Å²) in [5.41, 5.74) is 6.25. The zero-order chi connectivity index (χ0) is 27.9. The zero-order valence-corrected chi connectivity index (χ0v) is 22.8. The highest BCUT2D eigenvalue weighted by Crippen LogP contribution is 2.34. The van der Waals surface area contributed by atoms with Crippen molar-refractivity contribution in [2.24, 2.45) is 5.92 Å². The first-order chi connectivity index (χ1) is 18.8. The molecule has 4 aromatic rings. The second-order valence-corrected chi connectivity index (χ2v) is 10.0. The predicted molar refractivity (Wildman–Crippen MR) is 149 cm³/mol. The van der Waals surface area contributed by atoms with Gasteiger partial charge in [-0.2, -0.15) is 5.21 Å². The number of amides is 1. The van der Waals surface area contributed by atoms with Gasteiger partial charge in [0.15, 0.2) is 0 Å². The van der Waals surface area contributed by atoms with E-state index < -0.39 is 12.0 Å². The third-order valence-electron chi connectivity index (χ3n) is 6.69. The van der Waals surface area contributed by atoms with E-state index in [1.54, 1.807) is 0 Å². The number of aliphatic carboxylic acids is 1. The number of pyridine rings is 1. The van der Waals surface area contributed by atoms with Crippen LogP contribution in [0.3, 0.4) is 0 Å². The van der Waals surface area contributed by atoms with E-state index in [1.165, 1.54) is 4.90 Å². The highest BCUT2D eigenvalue weighted by molar-refractivity contribution is 5.85. The average molecular weight is 527 g/mol. The Morgan fingerprint density at radius 2 is 1.74 bits per heavy atom. The lowest BCUT2D eigenvalue weighted by molar-refractivity contribution is -0.153. The number of unbranched alkanes of at least 4 members (excludes halogenated alkanes) is 1. The Morgan fingerprint density at radius 1 is 1.00 bits per heavy atom. The molecule has 39 heavy (non-hydrogen) atoms. The van der Waals surface area contributed by atoms with Gasteiger partial charge in [-0.3, -0.25) is 9.78 Å². The van der Waals surface area contributed by atoms with Crippen molar-refractivity contribution in [3.8, 4) is 33.8 Å². The molecule has 0 fully saturated rings. The van der Waals surface area contributed by atoms with Crippen LogP contribution < -0.4 is 0 Å². The molecule has 9 nitrogen and oxygen atoms in total. The number of nitrogens with zero attached hydrogens (tertiary/aromatic N) is 5. The summed E-state index contributed by atoms with van der Waals surface area (Å²) in [6.45, 7) is 7.86. The Balaban J connectivity index is 1.69. The first-order valence-electron chi connectivity index (χ1n) is 13.2. The van der Waals surface area contributed by atoms with E-state index in [1.807, 2.05) is 82.3 Å². The number of H-pyrrole nitrogens is 1. The lowest BCUT2D eigenvalue weighted by Crippen LogP contribution is -2.47. The first-order valence-corrected chi connectivity index (χ1v) is 13.2. The minimum absolute atomic E-state index is 0.139. The lowest BCUT2D eigenvalue weighted by atomic mass is 9.94. The smallest absolute Gasteiger partial charge is 0.326 e. The zero-order valence-electron chi connectivity index (χ0n) is 22.8. The minimum Gasteiger partial charge on any atom is -0.480 e. The van der Waals surface area contributed by atoms with Crippen molar-refractivity contribution in [2.45, 2.75) is 59.5 Å². The molecule has 4 rings (SSSR count). The van der Waals surface area contributed by atoms with Crippen molar-refractivity contribution < 1.29 is 14.7 Å². The maximum absolute atomic E-state index is 13.1. The van der Waals surface area contributed by atoms with E-state index >= 15 is 0 Å². The van der Waals surface area contributed by atoms with Gasteiger partial charge in [0, 0.05) is 29.8 Å². The molecule has 1 amide bonds. The monoisotopic (exact) mass is 526 g/mol. The van der Waals surface area contributed by atoms with Gasteiger partial charge in [-0.05, 0) is 65.4 Å². The predicted octanol–water partition coefficient (Wildman–Crippen LogP) is 5.53. The Labute approximate surface area is 228 Å². The van der Waals surface area contributed by atoms with Crippen LogP contribution in [0.15, 0.2) is 60.7 Å². The molecule has 0 bridgehead atoms. The largest absolute Gasteiger partial charge is 0.480 e. The van der Waals surface area contributed by atoms with E-state index in [2.05, 4.69) is 31.7 Å². The summed E-state index contributed by atoms with van der Waals surface area (Å²) in [5, 5.41) is 24.5. The van der Waals surface area contributed by atoms with Crippen molar-refractivity contribution in [3.63, 3.8) is 0 Å². The molecule has 202 valence electrons. The number of tetrazole rings is 1. The highest BCUT2D eigenvalue weighted by atomic mass is 16.4. The SMILES string of the molecule is CCCCC(=O)N(Cc1ccc(-c2cc(-c3cccc(C)n3)ccc2-c2nn[nH]n2)cc1)C(C(=O)O)C(C)C.